The minimum atomic E-state index is -0.187. The first-order valence-electron chi connectivity index (χ1n) is 9.28. The van der Waals surface area contributed by atoms with E-state index in [0.717, 1.165) is 24.2 Å². The second-order valence-corrected chi connectivity index (χ2v) is 8.64. The largest absolute Gasteiger partial charge is 0.281 e. The lowest BCUT2D eigenvalue weighted by atomic mass is 9.90. The van der Waals surface area contributed by atoms with Gasteiger partial charge in [0, 0.05) is 4.88 Å². The third kappa shape index (κ3) is 3.75. The first kappa shape index (κ1) is 18.9. The zero-order chi connectivity index (χ0) is 19.7. The number of benzene rings is 1. The normalized spacial score (nSPS) is 16.3. The topological polar surface area (TPSA) is 59.3 Å². The minimum Gasteiger partial charge on any atom is -0.266 e. The highest BCUT2D eigenvalue weighted by Crippen LogP contribution is 2.32. The lowest BCUT2D eigenvalue weighted by Gasteiger charge is -2.16. The first-order chi connectivity index (χ1) is 13.5. The zero-order valence-electron chi connectivity index (χ0n) is 15.8. The molecule has 1 amide bonds. The molecule has 28 heavy (non-hydrogen) atoms. The summed E-state index contributed by atoms with van der Waals surface area (Å²) in [5.74, 6) is 0.495. The molecule has 1 aromatic carbocycles. The Hall–Kier alpha value is -2.44. The molecule has 5 nitrogen and oxygen atoms in total. The maximum atomic E-state index is 12.5. The van der Waals surface area contributed by atoms with Crippen LogP contribution in [-0.4, -0.2) is 21.9 Å². The van der Waals surface area contributed by atoms with Crippen LogP contribution in [0.25, 0.3) is 5.69 Å². The molecule has 0 unspecified atom stereocenters. The molecule has 7 heteroatoms. The van der Waals surface area contributed by atoms with Gasteiger partial charge in [0.05, 0.1) is 28.0 Å². The highest BCUT2D eigenvalue weighted by Gasteiger charge is 2.20. The fourth-order valence-corrected chi connectivity index (χ4v) is 4.85. The second-order valence-electron chi connectivity index (χ2n) is 7.14. The van der Waals surface area contributed by atoms with Crippen LogP contribution in [0.2, 0.25) is 5.15 Å². The number of para-hydroxylation sites is 1. The van der Waals surface area contributed by atoms with Crippen LogP contribution in [0.1, 0.15) is 44.7 Å². The van der Waals surface area contributed by atoms with Gasteiger partial charge in [0.2, 0.25) is 0 Å². The molecule has 4 rings (SSSR count). The smallest absolute Gasteiger partial charge is 0.266 e. The van der Waals surface area contributed by atoms with Gasteiger partial charge in [-0.3, -0.25) is 4.79 Å². The van der Waals surface area contributed by atoms with Gasteiger partial charge in [0.25, 0.3) is 5.91 Å². The molecule has 0 fully saturated rings. The van der Waals surface area contributed by atoms with Crippen molar-refractivity contribution in [2.45, 2.75) is 33.1 Å². The van der Waals surface area contributed by atoms with Crippen molar-refractivity contribution in [3.05, 3.63) is 68.1 Å². The van der Waals surface area contributed by atoms with Gasteiger partial charge in [0.15, 0.2) is 0 Å². The van der Waals surface area contributed by atoms with Gasteiger partial charge in [-0.05, 0) is 55.9 Å². The number of hydrogen-bond donors (Lipinski definition) is 1. The molecular weight excluding hydrogens is 392 g/mol. The van der Waals surface area contributed by atoms with Crippen LogP contribution in [-0.2, 0) is 12.8 Å². The number of carbonyl (C=O) groups excluding carboxylic acids is 1. The predicted molar refractivity (Wildman–Crippen MR) is 114 cm³/mol. The monoisotopic (exact) mass is 412 g/mol. The number of halogens is 1. The van der Waals surface area contributed by atoms with Gasteiger partial charge < -0.3 is 0 Å². The molecule has 3 aromatic rings. The van der Waals surface area contributed by atoms with Gasteiger partial charge >= 0.3 is 0 Å². The molecule has 1 aliphatic carbocycles. The van der Waals surface area contributed by atoms with E-state index < -0.39 is 0 Å². The molecular formula is C21H21ClN4OS. The lowest BCUT2D eigenvalue weighted by molar-refractivity contribution is 0.0959. The maximum Gasteiger partial charge on any atom is 0.281 e. The summed E-state index contributed by atoms with van der Waals surface area (Å²) < 4.78 is 1.66. The fraction of sp³-hybridized carbons (Fsp3) is 0.286. The Morgan fingerprint density at radius 3 is 2.96 bits per heavy atom. The van der Waals surface area contributed by atoms with Crippen LogP contribution in [0, 0.1) is 12.8 Å². The maximum absolute atomic E-state index is 12.5. The van der Waals surface area contributed by atoms with Gasteiger partial charge in [-0.15, -0.1) is 11.3 Å². The summed E-state index contributed by atoms with van der Waals surface area (Å²) in [5.41, 5.74) is 6.22. The average Bonchev–Trinajstić information content (AvgIpc) is 3.24. The van der Waals surface area contributed by atoms with E-state index in [1.54, 1.807) is 22.2 Å². The predicted octanol–water partition coefficient (Wildman–Crippen LogP) is 4.78. The minimum absolute atomic E-state index is 0.187. The van der Waals surface area contributed by atoms with E-state index in [9.17, 15) is 4.79 Å². The highest BCUT2D eigenvalue weighted by atomic mass is 35.5. The summed E-state index contributed by atoms with van der Waals surface area (Å²) in [6.45, 7) is 4.12. The van der Waals surface area contributed by atoms with Gasteiger partial charge in [0.1, 0.15) is 5.15 Å². The van der Waals surface area contributed by atoms with Crippen molar-refractivity contribution in [3.63, 3.8) is 0 Å². The van der Waals surface area contributed by atoms with Crippen molar-refractivity contribution in [1.82, 2.24) is 15.2 Å². The van der Waals surface area contributed by atoms with Crippen LogP contribution in [0.5, 0.6) is 0 Å². The van der Waals surface area contributed by atoms with Crippen molar-refractivity contribution < 1.29 is 4.79 Å². The number of hydrazone groups is 1. The fourth-order valence-electron chi connectivity index (χ4n) is 3.43. The molecule has 0 bridgehead atoms. The van der Waals surface area contributed by atoms with E-state index in [2.05, 4.69) is 22.5 Å². The second kappa shape index (κ2) is 7.89. The Kier molecular flexibility index (Phi) is 5.33. The molecule has 1 atom stereocenters. The summed E-state index contributed by atoms with van der Waals surface area (Å²) in [5, 5.41) is 9.04. The molecule has 0 radical (unpaired) electrons. The number of nitrogens with zero attached hydrogens (tertiary/aromatic N) is 3. The summed E-state index contributed by atoms with van der Waals surface area (Å²) in [4.78, 5) is 14.5. The van der Waals surface area contributed by atoms with E-state index in [4.69, 9.17) is 11.6 Å². The molecule has 0 saturated carbocycles. The van der Waals surface area contributed by atoms with Gasteiger partial charge in [-0.25, -0.2) is 10.1 Å². The number of carbonyl (C=O) groups is 1. The van der Waals surface area contributed by atoms with Crippen molar-refractivity contribution >= 4 is 35.1 Å². The molecule has 144 valence electrons. The van der Waals surface area contributed by atoms with E-state index in [0.29, 0.717) is 21.5 Å². The van der Waals surface area contributed by atoms with E-state index in [1.165, 1.54) is 16.9 Å². The van der Waals surface area contributed by atoms with Crippen molar-refractivity contribution in [3.8, 4) is 5.69 Å². The quantitative estimate of drug-likeness (QED) is 0.495. The van der Waals surface area contributed by atoms with Crippen LogP contribution in [0.3, 0.4) is 0 Å². The van der Waals surface area contributed by atoms with Crippen molar-refractivity contribution in [2.24, 2.45) is 11.0 Å². The number of fused-ring (bicyclic) bond motifs is 1. The van der Waals surface area contributed by atoms with E-state index in [1.807, 2.05) is 43.3 Å². The standard InChI is InChI=1S/C21H21ClN4OS/c1-13-8-9-18-15(10-13)11-19(28-18)21(27)24-23-12-17-14(2)25-26(20(17)22)16-6-4-3-5-7-16/h3-7,11-13H,8-10H2,1-2H3,(H,24,27)/b23-12-/t13-/m1/s1. The zero-order valence-corrected chi connectivity index (χ0v) is 17.3. The average molecular weight is 413 g/mol. The highest BCUT2D eigenvalue weighted by molar-refractivity contribution is 7.14. The van der Waals surface area contributed by atoms with Gasteiger partial charge in [-0.2, -0.15) is 10.2 Å². The van der Waals surface area contributed by atoms with E-state index >= 15 is 0 Å². The number of rotatable bonds is 4. The van der Waals surface area contributed by atoms with Crippen molar-refractivity contribution in [2.75, 3.05) is 0 Å². The molecule has 0 spiro atoms. The molecule has 2 heterocycles. The Labute approximate surface area is 173 Å². The van der Waals surface area contributed by atoms with Gasteiger partial charge in [-0.1, -0.05) is 36.7 Å². The summed E-state index contributed by atoms with van der Waals surface area (Å²) in [6.07, 6.45) is 4.86. The summed E-state index contributed by atoms with van der Waals surface area (Å²) in [7, 11) is 0. The van der Waals surface area contributed by atoms with Crippen LogP contribution < -0.4 is 5.43 Å². The number of nitrogens with one attached hydrogen (secondary N) is 1. The SMILES string of the molecule is Cc1nn(-c2ccccc2)c(Cl)c1/C=N\NC(=O)c1cc2c(s1)CC[C@@H](C)C2. The third-order valence-electron chi connectivity index (χ3n) is 4.96. The Morgan fingerprint density at radius 1 is 1.39 bits per heavy atom. The number of aryl methyl sites for hydroxylation is 2. The third-order valence-corrected chi connectivity index (χ3v) is 6.56. The number of aromatic nitrogens is 2. The van der Waals surface area contributed by atoms with Crippen LogP contribution in [0.4, 0.5) is 0 Å². The summed E-state index contributed by atoms with van der Waals surface area (Å²) >= 11 is 8.05. The Morgan fingerprint density at radius 2 is 2.18 bits per heavy atom. The Balaban J connectivity index is 1.48. The molecule has 0 saturated heterocycles. The van der Waals surface area contributed by atoms with Crippen molar-refractivity contribution in [1.29, 1.82) is 0 Å². The molecule has 0 aliphatic heterocycles. The first-order valence-corrected chi connectivity index (χ1v) is 10.5. The van der Waals surface area contributed by atoms with Crippen LogP contribution in [0.15, 0.2) is 41.5 Å². The van der Waals surface area contributed by atoms with E-state index in [-0.39, 0.29) is 5.91 Å². The Bertz CT molecular complexity index is 1040. The number of amides is 1. The molecule has 1 aliphatic rings. The summed E-state index contributed by atoms with van der Waals surface area (Å²) in [6, 6.07) is 11.7. The number of thiophene rings is 1. The van der Waals surface area contributed by atoms with Crippen LogP contribution >= 0.6 is 22.9 Å². The lowest BCUT2D eigenvalue weighted by Crippen LogP contribution is -2.16. The molecule has 2 aromatic heterocycles. The molecule has 1 N–H and O–H groups in total. The number of hydrogen-bond acceptors (Lipinski definition) is 4.